The molecule has 0 aliphatic carbocycles. The number of fused-ring (bicyclic) bond motifs is 1. The van der Waals surface area contributed by atoms with Crippen molar-refractivity contribution in [3.63, 3.8) is 0 Å². The minimum atomic E-state index is -3.93. The minimum absolute atomic E-state index is 0.0339. The van der Waals surface area contributed by atoms with Gasteiger partial charge in [0.1, 0.15) is 11.5 Å². The number of hydrogen-bond acceptors (Lipinski definition) is 8. The third kappa shape index (κ3) is 8.33. The van der Waals surface area contributed by atoms with E-state index in [1.54, 1.807) is 36.1 Å². The molecule has 0 bridgehead atoms. The molecule has 1 amide bonds. The maximum Gasteiger partial charge on any atom is 0.261 e. The third-order valence-electron chi connectivity index (χ3n) is 7.08. The lowest BCUT2D eigenvalue weighted by molar-refractivity contribution is -0.000450. The lowest BCUT2D eigenvalue weighted by atomic mass is 10.0. The Morgan fingerprint density at radius 1 is 1.15 bits per heavy atom. The Morgan fingerprint density at radius 2 is 1.88 bits per heavy atom. The van der Waals surface area contributed by atoms with Gasteiger partial charge in [0.15, 0.2) is 0 Å². The van der Waals surface area contributed by atoms with E-state index in [0.717, 1.165) is 19.3 Å². The van der Waals surface area contributed by atoms with Gasteiger partial charge in [0.2, 0.25) is 0 Å². The highest BCUT2D eigenvalue weighted by atomic mass is 32.2. The smallest absolute Gasteiger partial charge is 0.261 e. The predicted molar refractivity (Wildman–Crippen MR) is 155 cm³/mol. The van der Waals surface area contributed by atoms with Gasteiger partial charge in [-0.1, -0.05) is 6.92 Å². The number of methoxy groups -OCH3 is 1. The zero-order valence-electron chi connectivity index (χ0n) is 24.1. The van der Waals surface area contributed by atoms with Crippen molar-refractivity contribution < 1.29 is 32.5 Å². The fourth-order valence-electron chi connectivity index (χ4n) is 4.65. The number of benzene rings is 2. The number of ether oxygens (including phenoxy) is 3. The first-order valence-corrected chi connectivity index (χ1v) is 15.2. The van der Waals surface area contributed by atoms with Crippen LogP contribution in [0.4, 0.5) is 5.69 Å². The molecule has 1 aliphatic heterocycles. The number of nitrogens with one attached hydrogen (secondary N) is 2. The molecule has 222 valence electrons. The van der Waals surface area contributed by atoms with E-state index in [4.69, 9.17) is 14.2 Å². The van der Waals surface area contributed by atoms with Gasteiger partial charge in [-0.05, 0) is 82.6 Å². The van der Waals surface area contributed by atoms with Gasteiger partial charge in [-0.15, -0.1) is 0 Å². The Labute approximate surface area is 238 Å². The number of aliphatic hydroxyl groups is 1. The predicted octanol–water partition coefficient (Wildman–Crippen LogP) is 3.51. The van der Waals surface area contributed by atoms with Gasteiger partial charge in [0.25, 0.3) is 15.9 Å². The molecule has 0 aromatic heterocycles. The fraction of sp³-hybridized carbons (Fsp3) is 0.552. The van der Waals surface area contributed by atoms with Crippen molar-refractivity contribution in [2.45, 2.75) is 63.2 Å². The number of carbonyl (C=O) groups excluding carboxylic acids is 1. The van der Waals surface area contributed by atoms with E-state index < -0.39 is 16.1 Å². The quantitative estimate of drug-likeness (QED) is 0.435. The SMILES string of the molecule is CNC[C@H]1OCCCC[C@@H](C)Oc2ccc(NS(=O)(=O)c3ccc(OC)cc3)cc2C(=O)N([C@H](C)CO)C[C@@H]1C. The molecule has 3 rings (SSSR count). The van der Waals surface area contributed by atoms with E-state index in [2.05, 4.69) is 10.0 Å². The van der Waals surface area contributed by atoms with Crippen LogP contribution in [0.3, 0.4) is 0 Å². The molecule has 4 atom stereocenters. The zero-order valence-corrected chi connectivity index (χ0v) is 24.9. The number of nitrogens with zero attached hydrogens (tertiary/aromatic N) is 1. The molecule has 1 aliphatic rings. The molecule has 0 unspecified atom stereocenters. The van der Waals surface area contributed by atoms with Crippen LogP contribution in [0.5, 0.6) is 11.5 Å². The molecule has 3 N–H and O–H groups in total. The number of sulfonamides is 1. The first kappa shape index (κ1) is 31.7. The van der Waals surface area contributed by atoms with E-state index in [-0.39, 0.29) is 46.8 Å². The summed E-state index contributed by atoms with van der Waals surface area (Å²) in [6, 6.07) is 10.3. The molecule has 0 saturated carbocycles. The molecule has 2 aromatic rings. The molecule has 2 aromatic carbocycles. The Morgan fingerprint density at radius 3 is 2.52 bits per heavy atom. The number of hydrogen-bond donors (Lipinski definition) is 3. The summed E-state index contributed by atoms with van der Waals surface area (Å²) < 4.78 is 46.3. The summed E-state index contributed by atoms with van der Waals surface area (Å²) in [5.41, 5.74) is 0.443. The zero-order chi connectivity index (χ0) is 29.3. The second-order valence-electron chi connectivity index (χ2n) is 10.3. The number of amides is 1. The van der Waals surface area contributed by atoms with Crippen molar-refractivity contribution in [1.29, 1.82) is 0 Å². The number of anilines is 1. The number of likely N-dealkylation sites (N-methyl/N-ethyl adjacent to an activating group) is 1. The molecule has 1 heterocycles. The first-order chi connectivity index (χ1) is 19.1. The van der Waals surface area contributed by atoms with Crippen molar-refractivity contribution in [2.24, 2.45) is 5.92 Å². The maximum atomic E-state index is 14.1. The van der Waals surface area contributed by atoms with Crippen LogP contribution in [0.2, 0.25) is 0 Å². The summed E-state index contributed by atoms with van der Waals surface area (Å²) in [5, 5.41) is 13.2. The van der Waals surface area contributed by atoms with E-state index >= 15 is 0 Å². The highest BCUT2D eigenvalue weighted by Gasteiger charge is 2.30. The maximum absolute atomic E-state index is 14.1. The molecule has 0 spiro atoms. The molecule has 0 fully saturated rings. The van der Waals surface area contributed by atoms with Crippen LogP contribution in [0.15, 0.2) is 47.4 Å². The summed E-state index contributed by atoms with van der Waals surface area (Å²) in [6.07, 6.45) is 2.26. The van der Waals surface area contributed by atoms with Crippen molar-refractivity contribution in [3.05, 3.63) is 48.0 Å². The van der Waals surface area contributed by atoms with E-state index in [1.807, 2.05) is 20.9 Å². The van der Waals surface area contributed by atoms with Gasteiger partial charge in [0.05, 0.1) is 42.4 Å². The summed E-state index contributed by atoms with van der Waals surface area (Å²) in [6.45, 7) is 7.10. The number of rotatable bonds is 8. The Hall–Kier alpha value is -2.86. The second-order valence-corrected chi connectivity index (χ2v) is 12.0. The Bertz CT molecular complexity index is 1210. The van der Waals surface area contributed by atoms with Crippen LogP contribution in [-0.4, -0.2) is 83.0 Å². The van der Waals surface area contributed by atoms with E-state index in [1.165, 1.54) is 25.3 Å². The Kier molecular flexibility index (Phi) is 11.6. The number of carbonyl (C=O) groups is 1. The minimum Gasteiger partial charge on any atom is -0.497 e. The van der Waals surface area contributed by atoms with Gasteiger partial charge in [-0.3, -0.25) is 9.52 Å². The standard InChI is InChI=1S/C29H43N3O7S/c1-20-18-32(21(2)19-33)29(34)26-16-23(31-40(35,36)25-12-10-24(37-5)11-13-25)9-14-27(26)39-22(3)8-6-7-15-38-28(20)17-30-4/h9-14,16,20-22,28,30-31,33H,6-8,15,17-19H2,1-5H3/t20-,21+,22+,28+/m0/s1. The summed E-state index contributed by atoms with van der Waals surface area (Å²) >= 11 is 0. The summed E-state index contributed by atoms with van der Waals surface area (Å²) in [7, 11) is -0.562. The van der Waals surface area contributed by atoms with Crippen molar-refractivity contribution in [2.75, 3.05) is 45.2 Å². The lowest BCUT2D eigenvalue weighted by Gasteiger charge is -2.34. The number of aliphatic hydroxyl groups excluding tert-OH is 1. The highest BCUT2D eigenvalue weighted by molar-refractivity contribution is 7.92. The molecule has 40 heavy (non-hydrogen) atoms. The van der Waals surface area contributed by atoms with Crippen LogP contribution >= 0.6 is 0 Å². The van der Waals surface area contributed by atoms with Gasteiger partial charge >= 0.3 is 0 Å². The monoisotopic (exact) mass is 577 g/mol. The lowest BCUT2D eigenvalue weighted by Crippen LogP contribution is -2.47. The van der Waals surface area contributed by atoms with Gasteiger partial charge in [-0.2, -0.15) is 0 Å². The molecule has 11 heteroatoms. The van der Waals surface area contributed by atoms with Gasteiger partial charge in [0, 0.05) is 31.3 Å². The van der Waals surface area contributed by atoms with E-state index in [9.17, 15) is 18.3 Å². The van der Waals surface area contributed by atoms with Gasteiger partial charge < -0.3 is 29.5 Å². The van der Waals surface area contributed by atoms with E-state index in [0.29, 0.717) is 31.2 Å². The molecule has 10 nitrogen and oxygen atoms in total. The van der Waals surface area contributed by atoms with Gasteiger partial charge in [-0.25, -0.2) is 8.42 Å². The first-order valence-electron chi connectivity index (χ1n) is 13.7. The summed E-state index contributed by atoms with van der Waals surface area (Å²) in [5.74, 6) is 0.513. The highest BCUT2D eigenvalue weighted by Crippen LogP contribution is 2.29. The molecule has 0 saturated heterocycles. The van der Waals surface area contributed by atoms with Crippen LogP contribution in [-0.2, 0) is 14.8 Å². The van der Waals surface area contributed by atoms with Crippen molar-refractivity contribution in [1.82, 2.24) is 10.2 Å². The van der Waals surface area contributed by atoms with Crippen LogP contribution < -0.4 is 19.5 Å². The van der Waals surface area contributed by atoms with Crippen molar-refractivity contribution in [3.8, 4) is 11.5 Å². The average molecular weight is 578 g/mol. The largest absolute Gasteiger partial charge is 0.497 e. The molecular weight excluding hydrogens is 534 g/mol. The van der Waals surface area contributed by atoms with Crippen LogP contribution in [0, 0.1) is 5.92 Å². The third-order valence-corrected chi connectivity index (χ3v) is 8.48. The second kappa shape index (κ2) is 14.7. The average Bonchev–Trinajstić information content (AvgIpc) is 2.94. The van der Waals surface area contributed by atoms with Crippen molar-refractivity contribution >= 4 is 21.6 Å². The normalized spacial score (nSPS) is 22.0. The van der Waals surface area contributed by atoms with Crippen LogP contribution in [0.25, 0.3) is 0 Å². The fourth-order valence-corrected chi connectivity index (χ4v) is 5.70. The molecular formula is C29H43N3O7S. The topological polar surface area (TPSA) is 126 Å². The van der Waals surface area contributed by atoms with Crippen LogP contribution in [0.1, 0.15) is 50.4 Å². The molecule has 0 radical (unpaired) electrons. The summed E-state index contributed by atoms with van der Waals surface area (Å²) in [4.78, 5) is 15.7. The Balaban J connectivity index is 2.01.